The van der Waals surface area contributed by atoms with E-state index in [1.54, 1.807) is 18.3 Å². The van der Waals surface area contributed by atoms with Crippen molar-refractivity contribution in [3.8, 4) is 0 Å². The van der Waals surface area contributed by atoms with E-state index in [9.17, 15) is 14.9 Å². The molecule has 0 aliphatic carbocycles. The Morgan fingerprint density at radius 3 is 2.44 bits per heavy atom. The lowest BCUT2D eigenvalue weighted by molar-refractivity contribution is -0.384. The minimum Gasteiger partial charge on any atom is -0.340 e. The molecular formula is C19H15N3O3. The van der Waals surface area contributed by atoms with E-state index >= 15 is 0 Å². The highest BCUT2D eigenvalue weighted by Gasteiger charge is 2.19. The Hall–Kier alpha value is -3.54. The zero-order valence-corrected chi connectivity index (χ0v) is 13.2. The lowest BCUT2D eigenvalue weighted by atomic mass is 10.0. The molecule has 124 valence electrons. The van der Waals surface area contributed by atoms with Gasteiger partial charge in [0, 0.05) is 23.9 Å². The highest BCUT2D eigenvalue weighted by molar-refractivity contribution is 5.95. The molecular weight excluding hydrogens is 318 g/mol. The quantitative estimate of drug-likeness (QED) is 0.572. The molecule has 1 amide bonds. The molecule has 1 aromatic heterocycles. The number of nitrogens with zero attached hydrogens (tertiary/aromatic N) is 2. The van der Waals surface area contributed by atoms with Crippen LogP contribution in [-0.4, -0.2) is 15.8 Å². The molecule has 0 unspecified atom stereocenters. The SMILES string of the molecule is O=C(N[C@H](c1ccccc1)c1ccccn1)c1cccc([N+](=O)[O-])c1. The van der Waals surface area contributed by atoms with Gasteiger partial charge in [-0.3, -0.25) is 19.9 Å². The van der Waals surface area contributed by atoms with E-state index in [1.807, 2.05) is 42.5 Å². The van der Waals surface area contributed by atoms with Gasteiger partial charge >= 0.3 is 0 Å². The van der Waals surface area contributed by atoms with Crippen LogP contribution >= 0.6 is 0 Å². The minimum atomic E-state index is -0.524. The smallest absolute Gasteiger partial charge is 0.270 e. The van der Waals surface area contributed by atoms with Crippen LogP contribution in [0.4, 0.5) is 5.69 Å². The number of rotatable bonds is 5. The van der Waals surface area contributed by atoms with Crippen LogP contribution in [0.15, 0.2) is 79.0 Å². The fourth-order valence-corrected chi connectivity index (χ4v) is 2.50. The summed E-state index contributed by atoms with van der Waals surface area (Å²) in [5.74, 6) is -0.400. The first kappa shape index (κ1) is 16.3. The van der Waals surface area contributed by atoms with Crippen LogP contribution in [0.2, 0.25) is 0 Å². The molecule has 1 N–H and O–H groups in total. The molecule has 0 aliphatic rings. The van der Waals surface area contributed by atoms with Crippen molar-refractivity contribution in [3.63, 3.8) is 0 Å². The molecule has 0 saturated carbocycles. The predicted molar refractivity (Wildman–Crippen MR) is 93.1 cm³/mol. The maximum Gasteiger partial charge on any atom is 0.270 e. The van der Waals surface area contributed by atoms with Crippen LogP contribution < -0.4 is 5.32 Å². The number of nitro groups is 1. The van der Waals surface area contributed by atoms with Gasteiger partial charge in [0.15, 0.2) is 0 Å². The van der Waals surface area contributed by atoms with Crippen LogP contribution in [0, 0.1) is 10.1 Å². The van der Waals surface area contributed by atoms with E-state index in [0.717, 1.165) is 5.56 Å². The molecule has 2 aromatic carbocycles. The zero-order chi connectivity index (χ0) is 17.6. The fraction of sp³-hybridized carbons (Fsp3) is 0.0526. The molecule has 3 rings (SSSR count). The summed E-state index contributed by atoms with van der Waals surface area (Å²) in [6, 6.07) is 20.1. The van der Waals surface area contributed by atoms with Gasteiger partial charge in [-0.2, -0.15) is 0 Å². The Labute approximate surface area is 144 Å². The number of non-ortho nitro benzene ring substituents is 1. The lowest BCUT2D eigenvalue weighted by Crippen LogP contribution is -2.29. The third-order valence-corrected chi connectivity index (χ3v) is 3.71. The van der Waals surface area contributed by atoms with E-state index in [0.29, 0.717) is 5.69 Å². The van der Waals surface area contributed by atoms with Crippen molar-refractivity contribution in [2.45, 2.75) is 6.04 Å². The van der Waals surface area contributed by atoms with Crippen LogP contribution in [0.1, 0.15) is 27.7 Å². The highest BCUT2D eigenvalue weighted by atomic mass is 16.6. The number of nitro benzene ring substituents is 1. The van der Waals surface area contributed by atoms with Crippen molar-refractivity contribution >= 4 is 11.6 Å². The largest absolute Gasteiger partial charge is 0.340 e. The van der Waals surface area contributed by atoms with Gasteiger partial charge in [-0.05, 0) is 23.8 Å². The first-order valence-corrected chi connectivity index (χ1v) is 7.66. The van der Waals surface area contributed by atoms with Gasteiger partial charge in [-0.25, -0.2) is 0 Å². The molecule has 1 atom stereocenters. The van der Waals surface area contributed by atoms with Crippen LogP contribution in [0.25, 0.3) is 0 Å². The number of pyridine rings is 1. The highest BCUT2D eigenvalue weighted by Crippen LogP contribution is 2.21. The third kappa shape index (κ3) is 3.87. The number of carbonyl (C=O) groups is 1. The number of carbonyl (C=O) groups excluding carboxylic acids is 1. The van der Waals surface area contributed by atoms with E-state index in [2.05, 4.69) is 10.3 Å². The average Bonchev–Trinajstić information content (AvgIpc) is 2.67. The van der Waals surface area contributed by atoms with Crippen molar-refractivity contribution in [1.29, 1.82) is 0 Å². The summed E-state index contributed by atoms with van der Waals surface area (Å²) in [6.07, 6.45) is 1.66. The third-order valence-electron chi connectivity index (χ3n) is 3.71. The van der Waals surface area contributed by atoms with Gasteiger partial charge in [0.2, 0.25) is 0 Å². The second-order valence-corrected chi connectivity index (χ2v) is 5.38. The van der Waals surface area contributed by atoms with Gasteiger partial charge in [-0.1, -0.05) is 42.5 Å². The molecule has 6 heteroatoms. The van der Waals surface area contributed by atoms with Crippen LogP contribution in [-0.2, 0) is 0 Å². The number of hydrogen-bond acceptors (Lipinski definition) is 4. The number of nitrogens with one attached hydrogen (secondary N) is 1. The van der Waals surface area contributed by atoms with Crippen LogP contribution in [0.5, 0.6) is 0 Å². The van der Waals surface area contributed by atoms with Gasteiger partial charge in [0.05, 0.1) is 16.7 Å². The van der Waals surface area contributed by atoms with E-state index in [1.165, 1.54) is 18.2 Å². The predicted octanol–water partition coefficient (Wildman–Crippen LogP) is 3.51. The second-order valence-electron chi connectivity index (χ2n) is 5.38. The summed E-state index contributed by atoms with van der Waals surface area (Å²) >= 11 is 0. The Bertz CT molecular complexity index is 843. The maximum atomic E-state index is 12.6. The summed E-state index contributed by atoms with van der Waals surface area (Å²) in [6.45, 7) is 0. The first-order valence-electron chi connectivity index (χ1n) is 7.66. The Kier molecular flexibility index (Phi) is 4.80. The topological polar surface area (TPSA) is 85.1 Å². The molecule has 0 aliphatic heterocycles. The maximum absolute atomic E-state index is 12.6. The standard InChI is InChI=1S/C19H15N3O3/c23-19(15-9-6-10-16(13-15)22(24)25)21-18(14-7-2-1-3-8-14)17-11-4-5-12-20-17/h1-13,18H,(H,21,23)/t18-/m1/s1. The summed E-state index contributed by atoms with van der Waals surface area (Å²) in [5.41, 5.74) is 1.67. The molecule has 6 nitrogen and oxygen atoms in total. The zero-order valence-electron chi connectivity index (χ0n) is 13.2. The Balaban J connectivity index is 1.92. The molecule has 0 spiro atoms. The molecule has 0 saturated heterocycles. The number of benzene rings is 2. The molecule has 1 heterocycles. The van der Waals surface area contributed by atoms with Gasteiger partial charge in [-0.15, -0.1) is 0 Å². The van der Waals surface area contributed by atoms with Gasteiger partial charge < -0.3 is 5.32 Å². The van der Waals surface area contributed by atoms with Crippen molar-refractivity contribution in [2.75, 3.05) is 0 Å². The van der Waals surface area contributed by atoms with Crippen molar-refractivity contribution < 1.29 is 9.72 Å². The molecule has 0 bridgehead atoms. The van der Waals surface area contributed by atoms with Crippen molar-refractivity contribution in [2.24, 2.45) is 0 Å². The number of amides is 1. The number of aromatic nitrogens is 1. The summed E-state index contributed by atoms with van der Waals surface area (Å²) in [7, 11) is 0. The lowest BCUT2D eigenvalue weighted by Gasteiger charge is -2.19. The fourth-order valence-electron chi connectivity index (χ4n) is 2.50. The number of hydrogen-bond donors (Lipinski definition) is 1. The summed E-state index contributed by atoms with van der Waals surface area (Å²) < 4.78 is 0. The van der Waals surface area contributed by atoms with Gasteiger partial charge in [0.1, 0.15) is 0 Å². The average molecular weight is 333 g/mol. The monoisotopic (exact) mass is 333 g/mol. The summed E-state index contributed by atoms with van der Waals surface area (Å²) in [5, 5.41) is 13.8. The molecule has 0 radical (unpaired) electrons. The summed E-state index contributed by atoms with van der Waals surface area (Å²) in [4.78, 5) is 27.3. The molecule has 3 aromatic rings. The molecule has 25 heavy (non-hydrogen) atoms. The first-order chi connectivity index (χ1) is 12.1. The van der Waals surface area contributed by atoms with E-state index in [-0.39, 0.29) is 11.3 Å². The van der Waals surface area contributed by atoms with Crippen LogP contribution in [0.3, 0.4) is 0 Å². The van der Waals surface area contributed by atoms with Gasteiger partial charge in [0.25, 0.3) is 11.6 Å². The minimum absolute atomic E-state index is 0.123. The Morgan fingerprint density at radius 1 is 1.00 bits per heavy atom. The molecule has 0 fully saturated rings. The van der Waals surface area contributed by atoms with E-state index < -0.39 is 16.9 Å². The second kappa shape index (κ2) is 7.35. The van der Waals surface area contributed by atoms with Crippen molar-refractivity contribution in [1.82, 2.24) is 10.3 Å². The Morgan fingerprint density at radius 2 is 1.76 bits per heavy atom. The van der Waals surface area contributed by atoms with Crippen molar-refractivity contribution in [3.05, 3.63) is 106 Å². The normalized spacial score (nSPS) is 11.5. The van der Waals surface area contributed by atoms with E-state index in [4.69, 9.17) is 0 Å².